The molecule has 1 N–H and O–H groups in total. The molecule has 2 heterocycles. The van der Waals surface area contributed by atoms with Crippen molar-refractivity contribution in [3.05, 3.63) is 107 Å². The van der Waals surface area contributed by atoms with E-state index in [-0.39, 0.29) is 20.8 Å². The van der Waals surface area contributed by atoms with E-state index < -0.39 is 0 Å². The van der Waals surface area contributed by atoms with Crippen molar-refractivity contribution in [2.24, 2.45) is 0 Å². The fourth-order valence-electron chi connectivity index (χ4n) is 3.39. The first-order valence-electron chi connectivity index (χ1n) is 9.81. The Bertz CT molecular complexity index is 1340. The summed E-state index contributed by atoms with van der Waals surface area (Å²) in [6, 6.07) is 27.8. The van der Waals surface area contributed by atoms with Crippen LogP contribution in [0.25, 0.3) is 16.9 Å². The van der Waals surface area contributed by atoms with E-state index in [2.05, 4.69) is 0 Å². The molecule has 0 saturated carbocycles. The van der Waals surface area contributed by atoms with Crippen molar-refractivity contribution in [2.45, 2.75) is 6.42 Å². The summed E-state index contributed by atoms with van der Waals surface area (Å²) in [5, 5.41) is 11.7. The van der Waals surface area contributed by atoms with Crippen molar-refractivity contribution in [3.63, 3.8) is 0 Å². The fourth-order valence-corrected chi connectivity index (χ4v) is 5.35. The predicted molar refractivity (Wildman–Crippen MR) is 126 cm³/mol. The maximum atomic E-state index is 11.0. The number of aromatic nitrogens is 3. The van der Waals surface area contributed by atoms with Gasteiger partial charge in [-0.25, -0.2) is 0 Å². The van der Waals surface area contributed by atoms with E-state index in [1.54, 1.807) is 4.40 Å². The van der Waals surface area contributed by atoms with Gasteiger partial charge in [-0.3, -0.25) is 0 Å². The topological polar surface area (TPSA) is 50.4 Å². The molecular weight excluding hydrogens is 473 g/mol. The molecule has 0 spiro atoms. The standard InChI is InChI=1S/C25H18ClN3OSe/c26-19-11-13-20(14-12-19)31-24-23-27-21(15-17-7-3-1-4-8-17)25(30)29(23)16-22(28-24)18-9-5-2-6-10-18/h1-14,16,30H,15H2. The minimum absolute atomic E-state index is 0.0988. The molecule has 5 aromatic rings. The van der Waals surface area contributed by atoms with Crippen LogP contribution in [0.5, 0.6) is 5.88 Å². The Hall–Kier alpha value is -3.11. The second-order valence-electron chi connectivity index (χ2n) is 7.09. The van der Waals surface area contributed by atoms with Gasteiger partial charge in [0.2, 0.25) is 0 Å². The average molecular weight is 491 g/mol. The van der Waals surface area contributed by atoms with E-state index >= 15 is 0 Å². The molecule has 6 heteroatoms. The van der Waals surface area contributed by atoms with Crippen LogP contribution < -0.4 is 9.05 Å². The number of hydrogen-bond acceptors (Lipinski definition) is 3. The van der Waals surface area contributed by atoms with Gasteiger partial charge in [0.1, 0.15) is 0 Å². The molecule has 0 aliphatic carbocycles. The van der Waals surface area contributed by atoms with Gasteiger partial charge in [-0.2, -0.15) is 0 Å². The van der Waals surface area contributed by atoms with Gasteiger partial charge in [0, 0.05) is 0 Å². The number of hydrogen-bond donors (Lipinski definition) is 1. The van der Waals surface area contributed by atoms with Crippen LogP contribution in [-0.4, -0.2) is 34.4 Å². The summed E-state index contributed by atoms with van der Waals surface area (Å²) in [6.45, 7) is 0. The van der Waals surface area contributed by atoms with E-state index in [1.807, 2.05) is 91.1 Å². The molecule has 0 aliphatic rings. The van der Waals surface area contributed by atoms with Crippen LogP contribution in [0.4, 0.5) is 0 Å². The number of halogens is 1. The monoisotopic (exact) mass is 491 g/mol. The second kappa shape index (κ2) is 8.56. The third-order valence-electron chi connectivity index (χ3n) is 4.93. The molecule has 0 unspecified atom stereocenters. The maximum absolute atomic E-state index is 11.0. The van der Waals surface area contributed by atoms with E-state index in [9.17, 15) is 5.11 Å². The first kappa shape index (κ1) is 19.8. The van der Waals surface area contributed by atoms with Crippen molar-refractivity contribution >= 4 is 41.3 Å². The summed E-state index contributed by atoms with van der Waals surface area (Å²) in [4.78, 5) is 9.75. The second-order valence-corrected chi connectivity index (χ2v) is 9.76. The Morgan fingerprint density at radius 2 is 1.52 bits per heavy atom. The number of imidazole rings is 1. The zero-order chi connectivity index (χ0) is 21.2. The molecule has 0 atom stereocenters. The summed E-state index contributed by atoms with van der Waals surface area (Å²) in [6.07, 6.45) is 2.42. The summed E-state index contributed by atoms with van der Waals surface area (Å²) in [7, 11) is 0. The quantitative estimate of drug-likeness (QED) is 0.379. The molecule has 3 aromatic carbocycles. The van der Waals surface area contributed by atoms with Gasteiger partial charge in [-0.05, 0) is 0 Å². The summed E-state index contributed by atoms with van der Waals surface area (Å²) < 4.78 is 3.77. The number of fused-ring (bicyclic) bond motifs is 1. The summed E-state index contributed by atoms with van der Waals surface area (Å²) in [5.41, 5.74) is 4.24. The molecule has 31 heavy (non-hydrogen) atoms. The fraction of sp³-hybridized carbons (Fsp3) is 0.0400. The van der Waals surface area contributed by atoms with Crippen LogP contribution in [0, 0.1) is 0 Å². The van der Waals surface area contributed by atoms with Gasteiger partial charge in [0.15, 0.2) is 0 Å². The molecule has 0 amide bonds. The van der Waals surface area contributed by atoms with Crippen molar-refractivity contribution in [2.75, 3.05) is 0 Å². The Morgan fingerprint density at radius 3 is 2.23 bits per heavy atom. The summed E-state index contributed by atoms with van der Waals surface area (Å²) >= 11 is 5.96. The molecular formula is C25H18ClN3OSe. The van der Waals surface area contributed by atoms with Crippen molar-refractivity contribution in [1.82, 2.24) is 14.4 Å². The number of benzene rings is 3. The molecule has 0 aliphatic heterocycles. The van der Waals surface area contributed by atoms with Crippen LogP contribution >= 0.6 is 11.6 Å². The molecule has 0 saturated heterocycles. The molecule has 4 nitrogen and oxygen atoms in total. The first-order valence-corrected chi connectivity index (χ1v) is 11.9. The molecule has 0 bridgehead atoms. The molecule has 0 fully saturated rings. The summed E-state index contributed by atoms with van der Waals surface area (Å²) in [5.74, 6) is 0.159. The van der Waals surface area contributed by atoms with Gasteiger partial charge in [0.25, 0.3) is 0 Å². The average Bonchev–Trinajstić information content (AvgIpc) is 3.12. The molecule has 2 aromatic heterocycles. The van der Waals surface area contributed by atoms with Gasteiger partial charge in [0.05, 0.1) is 0 Å². The van der Waals surface area contributed by atoms with Crippen LogP contribution in [0.3, 0.4) is 0 Å². The van der Waals surface area contributed by atoms with E-state index in [1.165, 1.54) is 0 Å². The molecule has 5 rings (SSSR count). The van der Waals surface area contributed by atoms with Crippen LogP contribution in [0.15, 0.2) is 91.1 Å². The first-order chi connectivity index (χ1) is 15.2. The normalized spacial score (nSPS) is 11.1. The number of rotatable bonds is 5. The zero-order valence-corrected chi connectivity index (χ0v) is 18.9. The minimum atomic E-state index is -0.0988. The molecule has 152 valence electrons. The third-order valence-corrected chi connectivity index (χ3v) is 7.23. The van der Waals surface area contributed by atoms with Crippen LogP contribution in [-0.2, 0) is 6.42 Å². The Balaban J connectivity index is 1.64. The number of nitrogens with zero attached hydrogens (tertiary/aromatic N) is 3. The predicted octanol–water partition coefficient (Wildman–Crippen LogP) is 4.00. The van der Waals surface area contributed by atoms with Gasteiger partial charge in [-0.15, -0.1) is 0 Å². The van der Waals surface area contributed by atoms with Crippen LogP contribution in [0.1, 0.15) is 11.3 Å². The SMILES string of the molecule is Oc1c(Cc2ccccc2)nc2c([Se]c3ccc(Cl)cc3)nc(-c3ccccc3)cn12. The zero-order valence-electron chi connectivity index (χ0n) is 16.4. The van der Waals surface area contributed by atoms with Gasteiger partial charge < -0.3 is 0 Å². The van der Waals surface area contributed by atoms with Crippen LogP contribution in [0.2, 0.25) is 5.02 Å². The van der Waals surface area contributed by atoms with E-state index in [4.69, 9.17) is 21.6 Å². The van der Waals surface area contributed by atoms with Crippen molar-refractivity contribution in [1.29, 1.82) is 0 Å². The van der Waals surface area contributed by atoms with Gasteiger partial charge >= 0.3 is 192 Å². The Labute approximate surface area is 191 Å². The van der Waals surface area contributed by atoms with Crippen molar-refractivity contribution in [3.8, 4) is 17.1 Å². The Morgan fingerprint density at radius 1 is 0.839 bits per heavy atom. The van der Waals surface area contributed by atoms with Gasteiger partial charge in [-0.1, -0.05) is 0 Å². The van der Waals surface area contributed by atoms with E-state index in [0.717, 1.165) is 25.9 Å². The number of aromatic hydroxyl groups is 1. The van der Waals surface area contributed by atoms with E-state index in [0.29, 0.717) is 22.8 Å². The third kappa shape index (κ3) is 4.21. The Kier molecular flexibility index (Phi) is 5.47. The van der Waals surface area contributed by atoms with Crippen molar-refractivity contribution < 1.29 is 5.11 Å². The molecule has 0 radical (unpaired) electrons.